The van der Waals surface area contributed by atoms with Crippen LogP contribution in [0.4, 0.5) is 4.79 Å². The first kappa shape index (κ1) is 13.4. The maximum absolute atomic E-state index is 11.5. The van der Waals surface area contributed by atoms with Crippen LogP contribution in [-0.4, -0.2) is 58.5 Å². The van der Waals surface area contributed by atoms with Crippen molar-refractivity contribution in [1.82, 2.24) is 19.6 Å². The van der Waals surface area contributed by atoms with E-state index in [0.29, 0.717) is 19.7 Å². The molecule has 6 nitrogen and oxygen atoms in total. The first-order chi connectivity index (χ1) is 8.69. The van der Waals surface area contributed by atoms with Gasteiger partial charge in [0.2, 0.25) is 0 Å². The average molecular weight is 317 g/mol. The average Bonchev–Trinajstić information content (AvgIpc) is 2.76. The van der Waals surface area contributed by atoms with Gasteiger partial charge in [0.1, 0.15) is 0 Å². The molecule has 7 heteroatoms. The minimum atomic E-state index is -0.209. The predicted octanol–water partition coefficient (Wildman–Crippen LogP) is 1.38. The van der Waals surface area contributed by atoms with Crippen LogP contribution in [0.15, 0.2) is 16.9 Å². The lowest BCUT2D eigenvalue weighted by Gasteiger charge is -2.33. The molecule has 0 radical (unpaired) electrons. The number of rotatable bonds is 3. The number of nitrogens with zero attached hydrogens (tertiary/aromatic N) is 4. The molecule has 0 bridgehead atoms. The Bertz CT molecular complexity index is 402. The van der Waals surface area contributed by atoms with E-state index in [4.69, 9.17) is 4.74 Å². The van der Waals surface area contributed by atoms with Crippen LogP contribution < -0.4 is 0 Å². The molecule has 1 aliphatic rings. The van der Waals surface area contributed by atoms with Gasteiger partial charge in [-0.3, -0.25) is 9.58 Å². The summed E-state index contributed by atoms with van der Waals surface area (Å²) in [5.74, 6) is 0. The quantitative estimate of drug-likeness (QED) is 0.845. The standard InChI is InChI=1S/C11H17BrN4O2/c1-2-18-11(17)15-5-3-14(4-6-15)9-16-8-10(12)7-13-16/h7-8H,2-6,9H2,1H3. The van der Waals surface area contributed by atoms with Crippen LogP contribution in [0.1, 0.15) is 6.92 Å². The Morgan fingerprint density at radius 2 is 2.17 bits per heavy atom. The molecule has 18 heavy (non-hydrogen) atoms. The molecule has 1 amide bonds. The van der Waals surface area contributed by atoms with E-state index in [9.17, 15) is 4.79 Å². The molecule has 1 aromatic rings. The van der Waals surface area contributed by atoms with E-state index in [1.165, 1.54) is 0 Å². The third-order valence-electron chi connectivity index (χ3n) is 2.84. The van der Waals surface area contributed by atoms with Crippen molar-refractivity contribution >= 4 is 22.0 Å². The summed E-state index contributed by atoms with van der Waals surface area (Å²) in [7, 11) is 0. The second-order valence-corrected chi connectivity index (χ2v) is 5.06. The van der Waals surface area contributed by atoms with Crippen molar-refractivity contribution in [3.05, 3.63) is 16.9 Å². The normalized spacial score (nSPS) is 16.9. The number of halogens is 1. The Labute approximate surface area is 115 Å². The fraction of sp³-hybridized carbons (Fsp3) is 0.636. The number of aromatic nitrogens is 2. The highest BCUT2D eigenvalue weighted by atomic mass is 79.9. The fourth-order valence-corrected chi connectivity index (χ4v) is 2.24. The highest BCUT2D eigenvalue weighted by Gasteiger charge is 2.21. The Balaban J connectivity index is 1.78. The summed E-state index contributed by atoms with van der Waals surface area (Å²) in [6.45, 7) is 6.11. The molecule has 2 rings (SSSR count). The topological polar surface area (TPSA) is 50.6 Å². The van der Waals surface area contributed by atoms with Gasteiger partial charge in [-0.05, 0) is 22.9 Å². The molecular formula is C11H17BrN4O2. The van der Waals surface area contributed by atoms with E-state index in [1.807, 2.05) is 17.8 Å². The Morgan fingerprint density at radius 3 is 2.72 bits per heavy atom. The lowest BCUT2D eigenvalue weighted by molar-refractivity contribution is 0.0693. The van der Waals surface area contributed by atoms with Gasteiger partial charge in [0, 0.05) is 32.4 Å². The lowest BCUT2D eigenvalue weighted by atomic mass is 10.3. The molecule has 0 saturated carbocycles. The first-order valence-corrected chi connectivity index (χ1v) is 6.80. The third-order valence-corrected chi connectivity index (χ3v) is 3.25. The Morgan fingerprint density at radius 1 is 1.44 bits per heavy atom. The van der Waals surface area contributed by atoms with Gasteiger partial charge in [-0.1, -0.05) is 0 Å². The van der Waals surface area contributed by atoms with Crippen molar-refractivity contribution in [1.29, 1.82) is 0 Å². The largest absolute Gasteiger partial charge is 0.450 e. The van der Waals surface area contributed by atoms with Crippen LogP contribution in [-0.2, 0) is 11.4 Å². The summed E-state index contributed by atoms with van der Waals surface area (Å²) in [6, 6.07) is 0. The molecule has 0 N–H and O–H groups in total. The Hall–Kier alpha value is -1.08. The minimum absolute atomic E-state index is 0.209. The monoisotopic (exact) mass is 316 g/mol. The van der Waals surface area contributed by atoms with Crippen LogP contribution in [0.25, 0.3) is 0 Å². The van der Waals surface area contributed by atoms with Crippen LogP contribution >= 0.6 is 15.9 Å². The van der Waals surface area contributed by atoms with Crippen molar-refractivity contribution in [2.24, 2.45) is 0 Å². The zero-order valence-corrected chi connectivity index (χ0v) is 12.0. The maximum Gasteiger partial charge on any atom is 0.409 e. The van der Waals surface area contributed by atoms with Gasteiger partial charge >= 0.3 is 6.09 Å². The number of ether oxygens (including phenoxy) is 1. The zero-order chi connectivity index (χ0) is 13.0. The molecule has 0 spiro atoms. The molecule has 0 atom stereocenters. The molecule has 0 aromatic carbocycles. The summed E-state index contributed by atoms with van der Waals surface area (Å²) in [5, 5.41) is 4.22. The van der Waals surface area contributed by atoms with Gasteiger partial charge in [-0.2, -0.15) is 5.10 Å². The predicted molar refractivity (Wildman–Crippen MR) is 70.1 cm³/mol. The number of hydrogen-bond acceptors (Lipinski definition) is 4. The number of amides is 1. The van der Waals surface area contributed by atoms with Gasteiger partial charge < -0.3 is 9.64 Å². The smallest absolute Gasteiger partial charge is 0.409 e. The highest BCUT2D eigenvalue weighted by Crippen LogP contribution is 2.09. The van der Waals surface area contributed by atoms with E-state index in [1.54, 1.807) is 11.1 Å². The molecule has 1 aromatic heterocycles. The molecule has 0 aliphatic carbocycles. The fourth-order valence-electron chi connectivity index (χ4n) is 1.91. The highest BCUT2D eigenvalue weighted by molar-refractivity contribution is 9.10. The van der Waals surface area contributed by atoms with Gasteiger partial charge in [-0.15, -0.1) is 0 Å². The van der Waals surface area contributed by atoms with Crippen molar-refractivity contribution in [2.45, 2.75) is 13.6 Å². The van der Waals surface area contributed by atoms with E-state index in [2.05, 4.69) is 25.9 Å². The van der Waals surface area contributed by atoms with Crippen molar-refractivity contribution < 1.29 is 9.53 Å². The minimum Gasteiger partial charge on any atom is -0.450 e. The molecular weight excluding hydrogens is 300 g/mol. The van der Waals surface area contributed by atoms with Gasteiger partial charge in [-0.25, -0.2) is 4.79 Å². The second kappa shape index (κ2) is 6.19. The number of carbonyl (C=O) groups is 1. The van der Waals surface area contributed by atoms with E-state index in [0.717, 1.165) is 24.2 Å². The molecule has 1 saturated heterocycles. The molecule has 100 valence electrons. The number of carbonyl (C=O) groups excluding carboxylic acids is 1. The van der Waals surface area contributed by atoms with Gasteiger partial charge in [0.15, 0.2) is 0 Å². The van der Waals surface area contributed by atoms with Crippen LogP contribution in [0.2, 0.25) is 0 Å². The van der Waals surface area contributed by atoms with Crippen LogP contribution in [0, 0.1) is 0 Å². The summed E-state index contributed by atoms with van der Waals surface area (Å²) in [6.07, 6.45) is 3.51. The van der Waals surface area contributed by atoms with Gasteiger partial charge in [0.05, 0.1) is 23.9 Å². The van der Waals surface area contributed by atoms with E-state index in [-0.39, 0.29) is 6.09 Å². The lowest BCUT2D eigenvalue weighted by Crippen LogP contribution is -2.49. The molecule has 2 heterocycles. The molecule has 1 fully saturated rings. The number of piperazine rings is 1. The second-order valence-electron chi connectivity index (χ2n) is 4.14. The summed E-state index contributed by atoms with van der Waals surface area (Å²) in [4.78, 5) is 15.5. The summed E-state index contributed by atoms with van der Waals surface area (Å²) >= 11 is 3.37. The van der Waals surface area contributed by atoms with E-state index < -0.39 is 0 Å². The summed E-state index contributed by atoms with van der Waals surface area (Å²) < 4.78 is 7.84. The van der Waals surface area contributed by atoms with Crippen molar-refractivity contribution in [3.63, 3.8) is 0 Å². The zero-order valence-electron chi connectivity index (χ0n) is 10.4. The van der Waals surface area contributed by atoms with Crippen LogP contribution in [0.5, 0.6) is 0 Å². The SMILES string of the molecule is CCOC(=O)N1CCN(Cn2cc(Br)cn2)CC1. The van der Waals surface area contributed by atoms with Crippen molar-refractivity contribution in [3.8, 4) is 0 Å². The van der Waals surface area contributed by atoms with E-state index >= 15 is 0 Å². The Kier molecular flexibility index (Phi) is 4.60. The maximum atomic E-state index is 11.5. The molecule has 1 aliphatic heterocycles. The molecule has 0 unspecified atom stereocenters. The number of hydrogen-bond donors (Lipinski definition) is 0. The third kappa shape index (κ3) is 3.46. The first-order valence-electron chi connectivity index (χ1n) is 6.01. The summed E-state index contributed by atoms with van der Waals surface area (Å²) in [5.41, 5.74) is 0. The van der Waals surface area contributed by atoms with Gasteiger partial charge in [0.25, 0.3) is 0 Å². The van der Waals surface area contributed by atoms with Crippen molar-refractivity contribution in [2.75, 3.05) is 32.8 Å². The van der Waals surface area contributed by atoms with Crippen LogP contribution in [0.3, 0.4) is 0 Å².